The van der Waals surface area contributed by atoms with E-state index < -0.39 is 59.4 Å². The number of hydrogen-bond donors (Lipinski definition) is 2. The van der Waals surface area contributed by atoms with Gasteiger partial charge >= 0.3 is 24.1 Å². The second-order valence-electron chi connectivity index (χ2n) is 15.0. The van der Waals surface area contributed by atoms with E-state index in [2.05, 4.69) is 27.7 Å². The maximum absolute atomic E-state index is 13.5. The quantitative estimate of drug-likeness (QED) is 0.112. The third-order valence-electron chi connectivity index (χ3n) is 6.50. The fourth-order valence-corrected chi connectivity index (χ4v) is 4.46. The number of alkyl carbamates (subject to hydrolysis) is 1. The lowest BCUT2D eigenvalue weighted by Crippen LogP contribution is -2.50. The third-order valence-corrected chi connectivity index (χ3v) is 6.50. The number of urea groups is 1. The van der Waals surface area contributed by atoms with Gasteiger partial charge < -0.3 is 39.0 Å². The number of nitrogens with zero attached hydrogens (tertiary/aromatic N) is 3. The number of rotatable bonds is 16. The van der Waals surface area contributed by atoms with E-state index >= 15 is 0 Å². The van der Waals surface area contributed by atoms with Crippen LogP contribution in [0.4, 0.5) is 9.59 Å². The minimum atomic E-state index is -1.31. The van der Waals surface area contributed by atoms with Crippen molar-refractivity contribution in [2.45, 2.75) is 144 Å². The zero-order valence-electron chi connectivity index (χ0n) is 31.6. The SMILES string of the molecule is CCCCOc1ccc(CC(NC(=O)OC(C)(C)C)c2noc(CN(CCC)C(=O)NC(CC(=O)OC(C)(C)C)C(=O)OC(C)(C)C)n2)cc1. The summed E-state index contributed by atoms with van der Waals surface area (Å²) < 4.78 is 27.7. The Morgan fingerprint density at radius 2 is 1.46 bits per heavy atom. The smallest absolute Gasteiger partial charge is 0.408 e. The van der Waals surface area contributed by atoms with Crippen LogP contribution in [0.1, 0.15) is 125 Å². The number of unbranched alkanes of at least 4 members (excludes halogenated alkanes) is 1. The number of amides is 3. The number of esters is 2. The normalized spacial score (nSPS) is 13.1. The summed E-state index contributed by atoms with van der Waals surface area (Å²) in [5, 5.41) is 9.60. The standard InChI is InChI=1S/C36H57N5O9/c1-12-14-20-46-25-17-15-24(16-18-25)21-26(38-33(45)49-36(9,10)11)30-39-28(50-40-30)23-41(19-13-2)32(44)37-27(31(43)48-35(6,7)8)22-29(42)47-34(3,4)5/h15-18,26-27H,12-14,19-23H2,1-11H3,(H,37,44)(H,38,45). The van der Waals surface area contributed by atoms with Crippen LogP contribution in [0.2, 0.25) is 0 Å². The molecular weight excluding hydrogens is 646 g/mol. The molecule has 2 N–H and O–H groups in total. The third kappa shape index (κ3) is 16.4. The Labute approximate surface area is 296 Å². The molecule has 0 saturated carbocycles. The van der Waals surface area contributed by atoms with E-state index in [-0.39, 0.29) is 24.8 Å². The summed E-state index contributed by atoms with van der Waals surface area (Å²) in [5.41, 5.74) is -1.49. The molecule has 1 aromatic carbocycles. The Bertz CT molecular complexity index is 1390. The molecule has 2 rings (SSSR count). The first-order chi connectivity index (χ1) is 23.2. The van der Waals surface area contributed by atoms with E-state index in [1.54, 1.807) is 62.3 Å². The van der Waals surface area contributed by atoms with Crippen molar-refractivity contribution in [1.82, 2.24) is 25.7 Å². The molecule has 1 aromatic heterocycles. The first kappa shape index (κ1) is 41.8. The Morgan fingerprint density at radius 1 is 0.840 bits per heavy atom. The van der Waals surface area contributed by atoms with Gasteiger partial charge in [0.15, 0.2) is 5.82 Å². The summed E-state index contributed by atoms with van der Waals surface area (Å²) >= 11 is 0. The molecule has 280 valence electrons. The summed E-state index contributed by atoms with van der Waals surface area (Å²) in [6, 6.07) is 4.86. The highest BCUT2D eigenvalue weighted by Gasteiger charge is 2.33. The summed E-state index contributed by atoms with van der Waals surface area (Å²) in [5.74, 6) is -0.415. The highest BCUT2D eigenvalue weighted by atomic mass is 16.6. The molecule has 50 heavy (non-hydrogen) atoms. The van der Waals surface area contributed by atoms with Crippen LogP contribution in [0.15, 0.2) is 28.8 Å². The Hall–Kier alpha value is -4.36. The average Bonchev–Trinajstić information content (AvgIpc) is 3.43. The number of hydrogen-bond acceptors (Lipinski definition) is 11. The second kappa shape index (κ2) is 18.6. The summed E-state index contributed by atoms with van der Waals surface area (Å²) in [6.07, 6.45) is 1.79. The molecule has 0 aliphatic rings. The largest absolute Gasteiger partial charge is 0.494 e. The molecular formula is C36H57N5O9. The average molecular weight is 704 g/mol. The van der Waals surface area contributed by atoms with Crippen molar-refractivity contribution in [2.75, 3.05) is 13.2 Å². The zero-order valence-corrected chi connectivity index (χ0v) is 31.6. The van der Waals surface area contributed by atoms with Gasteiger partial charge in [0.1, 0.15) is 35.1 Å². The lowest BCUT2D eigenvalue weighted by molar-refractivity contribution is -0.164. The molecule has 2 unspecified atom stereocenters. The van der Waals surface area contributed by atoms with Crippen molar-refractivity contribution in [3.8, 4) is 5.75 Å². The van der Waals surface area contributed by atoms with Crippen LogP contribution in [-0.2, 0) is 36.8 Å². The van der Waals surface area contributed by atoms with Crippen molar-refractivity contribution in [3.63, 3.8) is 0 Å². The first-order valence-corrected chi connectivity index (χ1v) is 17.2. The Morgan fingerprint density at radius 3 is 2.02 bits per heavy atom. The van der Waals surface area contributed by atoms with Crippen molar-refractivity contribution in [2.24, 2.45) is 0 Å². The van der Waals surface area contributed by atoms with E-state index in [1.807, 2.05) is 31.2 Å². The van der Waals surface area contributed by atoms with Gasteiger partial charge in [-0.15, -0.1) is 0 Å². The predicted molar refractivity (Wildman–Crippen MR) is 186 cm³/mol. The first-order valence-electron chi connectivity index (χ1n) is 17.2. The van der Waals surface area contributed by atoms with Gasteiger partial charge in [0, 0.05) is 13.0 Å². The van der Waals surface area contributed by atoms with E-state index in [1.165, 1.54) is 4.90 Å². The van der Waals surface area contributed by atoms with E-state index in [0.717, 1.165) is 24.2 Å². The number of ether oxygens (including phenoxy) is 4. The van der Waals surface area contributed by atoms with Crippen LogP contribution in [0.25, 0.3) is 0 Å². The van der Waals surface area contributed by atoms with Gasteiger partial charge in [-0.25, -0.2) is 14.4 Å². The maximum atomic E-state index is 13.5. The minimum absolute atomic E-state index is 0.0974. The predicted octanol–water partition coefficient (Wildman–Crippen LogP) is 6.42. The van der Waals surface area contributed by atoms with Gasteiger partial charge in [-0.3, -0.25) is 4.79 Å². The maximum Gasteiger partial charge on any atom is 0.408 e. The second-order valence-corrected chi connectivity index (χ2v) is 15.0. The number of carbonyl (C=O) groups is 4. The molecule has 3 amide bonds. The lowest BCUT2D eigenvalue weighted by Gasteiger charge is -2.28. The van der Waals surface area contributed by atoms with Crippen LogP contribution >= 0.6 is 0 Å². The van der Waals surface area contributed by atoms with Crippen molar-refractivity contribution >= 4 is 24.1 Å². The van der Waals surface area contributed by atoms with Crippen LogP contribution in [0.3, 0.4) is 0 Å². The Balaban J connectivity index is 2.28. The van der Waals surface area contributed by atoms with E-state index in [4.69, 9.17) is 23.5 Å². The molecule has 0 aliphatic heterocycles. The van der Waals surface area contributed by atoms with Gasteiger partial charge in [0.25, 0.3) is 0 Å². The summed E-state index contributed by atoms with van der Waals surface area (Å²) in [6.45, 7) is 20.3. The molecule has 0 saturated heterocycles. The molecule has 2 atom stereocenters. The number of carbonyl (C=O) groups excluding carboxylic acids is 4. The van der Waals surface area contributed by atoms with Crippen LogP contribution in [-0.4, -0.2) is 75.1 Å². The monoisotopic (exact) mass is 703 g/mol. The van der Waals surface area contributed by atoms with Crippen LogP contribution < -0.4 is 15.4 Å². The summed E-state index contributed by atoms with van der Waals surface area (Å²) in [4.78, 5) is 58.0. The van der Waals surface area contributed by atoms with Crippen LogP contribution in [0.5, 0.6) is 5.75 Å². The molecule has 0 bridgehead atoms. The van der Waals surface area contributed by atoms with Gasteiger partial charge in [0.05, 0.1) is 19.1 Å². The van der Waals surface area contributed by atoms with Crippen molar-refractivity contribution in [1.29, 1.82) is 0 Å². The zero-order chi connectivity index (χ0) is 37.7. The Kier molecular flexibility index (Phi) is 15.5. The molecule has 0 radical (unpaired) electrons. The van der Waals surface area contributed by atoms with Crippen LogP contribution in [0, 0.1) is 0 Å². The number of benzene rings is 1. The highest BCUT2D eigenvalue weighted by Crippen LogP contribution is 2.21. The van der Waals surface area contributed by atoms with E-state index in [9.17, 15) is 19.2 Å². The minimum Gasteiger partial charge on any atom is -0.494 e. The fourth-order valence-electron chi connectivity index (χ4n) is 4.46. The molecule has 2 aromatic rings. The number of aromatic nitrogens is 2. The molecule has 0 aliphatic carbocycles. The van der Waals surface area contributed by atoms with E-state index in [0.29, 0.717) is 19.4 Å². The van der Waals surface area contributed by atoms with Crippen molar-refractivity contribution < 1.29 is 42.6 Å². The molecule has 0 spiro atoms. The summed E-state index contributed by atoms with van der Waals surface area (Å²) in [7, 11) is 0. The van der Waals surface area contributed by atoms with Gasteiger partial charge in [-0.2, -0.15) is 4.98 Å². The fraction of sp³-hybridized carbons (Fsp3) is 0.667. The highest BCUT2D eigenvalue weighted by molar-refractivity contribution is 5.87. The number of nitrogens with one attached hydrogen (secondary N) is 2. The molecule has 14 heteroatoms. The van der Waals surface area contributed by atoms with Gasteiger partial charge in [-0.05, 0) is 92.9 Å². The molecule has 1 heterocycles. The lowest BCUT2D eigenvalue weighted by atomic mass is 10.1. The van der Waals surface area contributed by atoms with Gasteiger partial charge in [-0.1, -0.05) is 37.6 Å². The van der Waals surface area contributed by atoms with Crippen molar-refractivity contribution in [3.05, 3.63) is 41.5 Å². The molecule has 0 fully saturated rings. The molecule has 14 nitrogen and oxygen atoms in total. The topological polar surface area (TPSA) is 171 Å². The van der Waals surface area contributed by atoms with Gasteiger partial charge in [0.2, 0.25) is 5.89 Å².